The van der Waals surface area contributed by atoms with Crippen LogP contribution in [0.15, 0.2) is 41.2 Å². The van der Waals surface area contributed by atoms with E-state index in [-0.39, 0.29) is 12.2 Å². The standard InChI is InChI=1S/C20H15Cl2N3O3S/c1-11-23-20-25(24-11)19(26)18(29-20)8-12-3-6-16(17(7-12)27-2)28-10-13-4-5-14(21)9-15(13)22/h3-9H,10H2,1-2H3/b18-8-. The second kappa shape index (κ2) is 8.02. The number of hydrogen-bond acceptors (Lipinski definition) is 6. The number of rotatable bonds is 5. The number of ether oxygens (including phenoxy) is 2. The molecule has 2 aromatic heterocycles. The van der Waals surface area contributed by atoms with Crippen LogP contribution < -0.4 is 19.6 Å². The molecule has 0 N–H and O–H groups in total. The molecule has 2 heterocycles. The third-order valence-electron chi connectivity index (χ3n) is 4.17. The number of nitrogens with zero attached hydrogens (tertiary/aromatic N) is 3. The monoisotopic (exact) mass is 447 g/mol. The Kier molecular flexibility index (Phi) is 5.45. The number of fused-ring (bicyclic) bond motifs is 1. The van der Waals surface area contributed by atoms with Gasteiger partial charge in [-0.2, -0.15) is 4.52 Å². The Balaban J connectivity index is 1.61. The van der Waals surface area contributed by atoms with E-state index in [1.54, 1.807) is 44.4 Å². The van der Waals surface area contributed by atoms with Crippen molar-refractivity contribution in [2.75, 3.05) is 7.11 Å². The van der Waals surface area contributed by atoms with Gasteiger partial charge in [-0.15, -0.1) is 5.10 Å². The molecule has 9 heteroatoms. The molecular formula is C20H15Cl2N3O3S. The Morgan fingerprint density at radius 1 is 1.17 bits per heavy atom. The summed E-state index contributed by atoms with van der Waals surface area (Å²) in [6.45, 7) is 2.02. The van der Waals surface area contributed by atoms with Crippen LogP contribution in [-0.2, 0) is 6.61 Å². The van der Waals surface area contributed by atoms with Crippen LogP contribution in [0.2, 0.25) is 10.0 Å². The summed E-state index contributed by atoms with van der Waals surface area (Å²) in [4.78, 5) is 17.3. The van der Waals surface area contributed by atoms with E-state index >= 15 is 0 Å². The van der Waals surface area contributed by atoms with Gasteiger partial charge in [0.2, 0.25) is 4.96 Å². The van der Waals surface area contributed by atoms with Gasteiger partial charge in [0.15, 0.2) is 11.5 Å². The quantitative estimate of drug-likeness (QED) is 0.464. The van der Waals surface area contributed by atoms with E-state index in [1.807, 2.05) is 12.1 Å². The number of aryl methyl sites for hydroxylation is 1. The lowest BCUT2D eigenvalue weighted by atomic mass is 10.2. The average Bonchev–Trinajstić information content (AvgIpc) is 3.19. The number of aromatic nitrogens is 3. The summed E-state index contributed by atoms with van der Waals surface area (Å²) in [5.41, 5.74) is 1.42. The summed E-state index contributed by atoms with van der Waals surface area (Å²) in [5.74, 6) is 1.69. The van der Waals surface area contributed by atoms with Crippen molar-refractivity contribution in [1.29, 1.82) is 0 Å². The number of hydrogen-bond donors (Lipinski definition) is 0. The van der Waals surface area contributed by atoms with Crippen LogP contribution in [0.3, 0.4) is 0 Å². The van der Waals surface area contributed by atoms with Crippen molar-refractivity contribution in [3.8, 4) is 11.5 Å². The van der Waals surface area contributed by atoms with Crippen LogP contribution in [-0.4, -0.2) is 21.7 Å². The molecule has 0 unspecified atom stereocenters. The Labute approximate surface area is 179 Å². The molecule has 0 spiro atoms. The second-order valence-electron chi connectivity index (χ2n) is 6.20. The van der Waals surface area contributed by atoms with E-state index in [0.717, 1.165) is 11.1 Å². The molecule has 0 bridgehead atoms. The van der Waals surface area contributed by atoms with Crippen LogP contribution in [0.5, 0.6) is 11.5 Å². The van der Waals surface area contributed by atoms with Crippen LogP contribution in [0, 0.1) is 6.92 Å². The van der Waals surface area contributed by atoms with Crippen LogP contribution in [0.4, 0.5) is 0 Å². The zero-order valence-electron chi connectivity index (χ0n) is 15.5. The Morgan fingerprint density at radius 3 is 2.72 bits per heavy atom. The van der Waals surface area contributed by atoms with E-state index in [1.165, 1.54) is 15.9 Å². The molecule has 0 aliphatic rings. The maximum Gasteiger partial charge on any atom is 0.291 e. The second-order valence-corrected chi connectivity index (χ2v) is 8.06. The first-order chi connectivity index (χ1) is 13.9. The summed E-state index contributed by atoms with van der Waals surface area (Å²) >= 11 is 13.4. The van der Waals surface area contributed by atoms with Gasteiger partial charge in [-0.25, -0.2) is 4.98 Å². The third-order valence-corrected chi connectivity index (χ3v) is 5.72. The van der Waals surface area contributed by atoms with Gasteiger partial charge >= 0.3 is 0 Å². The molecule has 0 saturated carbocycles. The molecule has 0 amide bonds. The summed E-state index contributed by atoms with van der Waals surface area (Å²) in [7, 11) is 1.56. The van der Waals surface area contributed by atoms with Crippen LogP contribution >= 0.6 is 34.5 Å². The van der Waals surface area contributed by atoms with Crippen LogP contribution in [0.1, 0.15) is 17.0 Å². The van der Waals surface area contributed by atoms with E-state index in [0.29, 0.717) is 36.9 Å². The van der Waals surface area contributed by atoms with Gasteiger partial charge < -0.3 is 9.47 Å². The highest BCUT2D eigenvalue weighted by atomic mass is 35.5. The van der Waals surface area contributed by atoms with E-state index in [4.69, 9.17) is 32.7 Å². The molecule has 0 fully saturated rings. The minimum absolute atomic E-state index is 0.192. The van der Waals surface area contributed by atoms with Crippen molar-refractivity contribution in [2.24, 2.45) is 0 Å². The van der Waals surface area contributed by atoms with Gasteiger partial charge in [-0.1, -0.05) is 46.7 Å². The molecule has 0 atom stereocenters. The Morgan fingerprint density at radius 2 is 2.00 bits per heavy atom. The first kappa shape index (κ1) is 19.7. The van der Waals surface area contributed by atoms with Crippen molar-refractivity contribution in [2.45, 2.75) is 13.5 Å². The predicted molar refractivity (Wildman–Crippen MR) is 114 cm³/mol. The Bertz CT molecular complexity index is 1320. The molecule has 0 saturated heterocycles. The van der Waals surface area contributed by atoms with Gasteiger partial charge in [-0.3, -0.25) is 4.79 Å². The Hall–Kier alpha value is -2.61. The lowest BCUT2D eigenvalue weighted by Crippen LogP contribution is -2.23. The highest BCUT2D eigenvalue weighted by Gasteiger charge is 2.10. The van der Waals surface area contributed by atoms with Gasteiger partial charge in [0.25, 0.3) is 5.56 Å². The number of halogens is 2. The van der Waals surface area contributed by atoms with Crippen molar-refractivity contribution >= 4 is 45.6 Å². The van der Waals surface area contributed by atoms with Gasteiger partial charge in [0, 0.05) is 15.6 Å². The minimum atomic E-state index is -0.192. The summed E-state index contributed by atoms with van der Waals surface area (Å²) in [5, 5.41) is 5.22. The lowest BCUT2D eigenvalue weighted by molar-refractivity contribution is 0.284. The topological polar surface area (TPSA) is 65.7 Å². The molecule has 0 radical (unpaired) electrons. The molecule has 0 aliphatic heterocycles. The zero-order valence-corrected chi connectivity index (χ0v) is 17.8. The predicted octanol–water partition coefficient (Wildman–Crippen LogP) is 3.90. The molecule has 6 nitrogen and oxygen atoms in total. The molecule has 4 aromatic rings. The number of thiazole rings is 1. The fraction of sp³-hybridized carbons (Fsp3) is 0.150. The van der Waals surface area contributed by atoms with Gasteiger partial charge in [0.05, 0.1) is 11.6 Å². The zero-order chi connectivity index (χ0) is 20.5. The molecule has 4 rings (SSSR count). The number of methoxy groups -OCH3 is 1. The van der Waals surface area contributed by atoms with Crippen molar-refractivity contribution in [3.05, 3.63) is 78.3 Å². The SMILES string of the molecule is COc1cc(/C=c2\sc3nc(C)nn3c2=O)ccc1OCc1ccc(Cl)cc1Cl. The fourth-order valence-electron chi connectivity index (χ4n) is 2.77. The van der Waals surface area contributed by atoms with Crippen molar-refractivity contribution < 1.29 is 9.47 Å². The highest BCUT2D eigenvalue weighted by Crippen LogP contribution is 2.30. The lowest BCUT2D eigenvalue weighted by Gasteiger charge is -2.12. The smallest absolute Gasteiger partial charge is 0.291 e. The molecule has 29 heavy (non-hydrogen) atoms. The summed E-state index contributed by atoms with van der Waals surface area (Å²) < 4.78 is 13.2. The molecule has 148 valence electrons. The first-order valence-electron chi connectivity index (χ1n) is 8.57. The summed E-state index contributed by atoms with van der Waals surface area (Å²) in [6, 6.07) is 10.7. The number of benzene rings is 2. The normalized spacial score (nSPS) is 11.9. The van der Waals surface area contributed by atoms with E-state index < -0.39 is 0 Å². The highest BCUT2D eigenvalue weighted by molar-refractivity contribution is 7.15. The van der Waals surface area contributed by atoms with Gasteiger partial charge in [0.1, 0.15) is 12.4 Å². The maximum atomic E-state index is 12.4. The van der Waals surface area contributed by atoms with Crippen molar-refractivity contribution in [3.63, 3.8) is 0 Å². The van der Waals surface area contributed by atoms with Crippen LogP contribution in [0.25, 0.3) is 11.0 Å². The van der Waals surface area contributed by atoms with Crippen molar-refractivity contribution in [1.82, 2.24) is 14.6 Å². The molecule has 0 aliphatic carbocycles. The first-order valence-corrected chi connectivity index (χ1v) is 10.1. The maximum absolute atomic E-state index is 12.4. The molecule has 2 aromatic carbocycles. The average molecular weight is 448 g/mol. The largest absolute Gasteiger partial charge is 0.493 e. The van der Waals surface area contributed by atoms with Gasteiger partial charge in [-0.05, 0) is 42.8 Å². The fourth-order valence-corrected chi connectivity index (χ4v) is 4.19. The van der Waals surface area contributed by atoms with E-state index in [2.05, 4.69) is 10.1 Å². The summed E-state index contributed by atoms with van der Waals surface area (Å²) in [6.07, 6.45) is 1.78. The minimum Gasteiger partial charge on any atom is -0.493 e. The van der Waals surface area contributed by atoms with E-state index in [9.17, 15) is 4.79 Å². The third kappa shape index (κ3) is 4.07. The molecular weight excluding hydrogens is 433 g/mol.